The lowest BCUT2D eigenvalue weighted by atomic mass is 10.1. The molecule has 1 aromatic rings. The van der Waals surface area contributed by atoms with E-state index in [0.717, 1.165) is 0 Å². The Kier molecular flexibility index (Phi) is 5.53. The first-order chi connectivity index (χ1) is 6.92. The lowest BCUT2D eigenvalue weighted by Gasteiger charge is -2.14. The Morgan fingerprint density at radius 3 is 2.44 bits per heavy atom. The largest absolute Gasteiger partial charge is 0.481 e. The Morgan fingerprint density at radius 2 is 2.06 bits per heavy atom. The molecule has 0 saturated carbocycles. The third kappa shape index (κ3) is 4.67. The molecule has 7 heteroatoms. The summed E-state index contributed by atoms with van der Waals surface area (Å²) in [5.74, 6) is 0.345. The van der Waals surface area contributed by atoms with Crippen LogP contribution in [-0.4, -0.2) is 18.3 Å². The van der Waals surface area contributed by atoms with Crippen molar-refractivity contribution >= 4 is 12.4 Å². The highest BCUT2D eigenvalue weighted by Gasteiger charge is 2.30. The quantitative estimate of drug-likeness (QED) is 0.904. The molecule has 0 amide bonds. The molecule has 3 nitrogen and oxygen atoms in total. The normalized spacial score (nSPS) is 12.8. The van der Waals surface area contributed by atoms with Gasteiger partial charge < -0.3 is 10.5 Å². The average molecular weight is 257 g/mol. The van der Waals surface area contributed by atoms with E-state index in [2.05, 4.69) is 4.98 Å². The summed E-state index contributed by atoms with van der Waals surface area (Å²) in [6.07, 6.45) is -4.03. The number of hydrogen-bond acceptors (Lipinski definition) is 3. The molecule has 0 aliphatic heterocycles. The second kappa shape index (κ2) is 5.91. The summed E-state index contributed by atoms with van der Waals surface area (Å²) in [5, 5.41) is 0. The molecule has 1 atom stereocenters. The van der Waals surface area contributed by atoms with Crippen molar-refractivity contribution in [3.05, 3.63) is 23.9 Å². The maximum absolute atomic E-state index is 12.0. The van der Waals surface area contributed by atoms with Crippen molar-refractivity contribution in [2.75, 3.05) is 7.11 Å². The molecular weight excluding hydrogens is 245 g/mol. The van der Waals surface area contributed by atoms with Gasteiger partial charge in [-0.2, -0.15) is 13.2 Å². The number of methoxy groups -OCH3 is 1. The van der Waals surface area contributed by atoms with Crippen LogP contribution >= 0.6 is 12.4 Å². The molecule has 0 bridgehead atoms. The fourth-order valence-electron chi connectivity index (χ4n) is 1.10. The standard InChI is InChI=1S/C9H11F3N2O.ClH/c1-15-8-3-2-6(5-14-8)7(13)4-9(10,11)12;/h2-3,5,7H,4,13H2,1H3;1H/t7-;/m1./s1. The number of aromatic nitrogens is 1. The van der Waals surface area contributed by atoms with Crippen LogP contribution in [0.25, 0.3) is 0 Å². The minimum absolute atomic E-state index is 0. The van der Waals surface area contributed by atoms with Gasteiger partial charge in [-0.3, -0.25) is 0 Å². The van der Waals surface area contributed by atoms with E-state index in [9.17, 15) is 13.2 Å². The molecule has 1 aromatic heterocycles. The predicted molar refractivity (Wildman–Crippen MR) is 55.6 cm³/mol. The third-order valence-electron chi connectivity index (χ3n) is 1.85. The van der Waals surface area contributed by atoms with Crippen molar-refractivity contribution in [3.8, 4) is 5.88 Å². The number of rotatable bonds is 3. The molecule has 2 N–H and O–H groups in total. The number of ether oxygens (including phenoxy) is 1. The van der Waals surface area contributed by atoms with Crippen LogP contribution in [0.5, 0.6) is 5.88 Å². The van der Waals surface area contributed by atoms with Gasteiger partial charge in [0, 0.05) is 18.3 Å². The van der Waals surface area contributed by atoms with Crippen LogP contribution in [0.4, 0.5) is 13.2 Å². The Labute approximate surface area is 97.2 Å². The number of nitrogens with zero attached hydrogens (tertiary/aromatic N) is 1. The number of halogens is 4. The lowest BCUT2D eigenvalue weighted by molar-refractivity contribution is -0.138. The zero-order valence-electron chi connectivity index (χ0n) is 8.49. The van der Waals surface area contributed by atoms with Gasteiger partial charge in [-0.1, -0.05) is 6.07 Å². The molecule has 0 radical (unpaired) electrons. The third-order valence-corrected chi connectivity index (χ3v) is 1.85. The van der Waals surface area contributed by atoms with Crippen molar-refractivity contribution in [1.29, 1.82) is 0 Å². The van der Waals surface area contributed by atoms with Crippen LogP contribution in [-0.2, 0) is 0 Å². The minimum Gasteiger partial charge on any atom is -0.481 e. The second-order valence-electron chi connectivity index (χ2n) is 3.06. The van der Waals surface area contributed by atoms with E-state index in [1.54, 1.807) is 0 Å². The average Bonchev–Trinajstić information content (AvgIpc) is 2.15. The van der Waals surface area contributed by atoms with Crippen molar-refractivity contribution in [1.82, 2.24) is 4.98 Å². The number of nitrogens with two attached hydrogens (primary N) is 1. The van der Waals surface area contributed by atoms with Crippen LogP contribution in [0.2, 0.25) is 0 Å². The van der Waals surface area contributed by atoms with E-state index in [-0.39, 0.29) is 12.4 Å². The molecule has 92 valence electrons. The van der Waals surface area contributed by atoms with Crippen molar-refractivity contribution in [2.45, 2.75) is 18.6 Å². The summed E-state index contributed by atoms with van der Waals surface area (Å²) in [5.41, 5.74) is 5.71. The summed E-state index contributed by atoms with van der Waals surface area (Å²) >= 11 is 0. The topological polar surface area (TPSA) is 48.1 Å². The molecule has 1 rings (SSSR count). The van der Waals surface area contributed by atoms with Gasteiger partial charge >= 0.3 is 6.18 Å². The number of hydrogen-bond donors (Lipinski definition) is 1. The van der Waals surface area contributed by atoms with E-state index >= 15 is 0 Å². The fourth-order valence-corrected chi connectivity index (χ4v) is 1.10. The highest BCUT2D eigenvalue weighted by Crippen LogP contribution is 2.27. The van der Waals surface area contributed by atoms with Gasteiger partial charge in [0.05, 0.1) is 13.5 Å². The highest BCUT2D eigenvalue weighted by molar-refractivity contribution is 5.85. The summed E-state index contributed by atoms with van der Waals surface area (Å²) in [6, 6.07) is 1.87. The Balaban J connectivity index is 0.00000225. The van der Waals surface area contributed by atoms with E-state index in [1.807, 2.05) is 0 Å². The molecule has 0 aliphatic carbocycles. The summed E-state index contributed by atoms with van der Waals surface area (Å²) in [7, 11) is 1.43. The van der Waals surface area contributed by atoms with Gasteiger partial charge in [-0.15, -0.1) is 12.4 Å². The lowest BCUT2D eigenvalue weighted by Crippen LogP contribution is -2.20. The van der Waals surface area contributed by atoms with Crippen LogP contribution in [0.15, 0.2) is 18.3 Å². The molecule has 1 heterocycles. The first-order valence-corrected chi connectivity index (χ1v) is 4.24. The van der Waals surface area contributed by atoms with Crippen LogP contribution < -0.4 is 10.5 Å². The number of pyridine rings is 1. The SMILES string of the molecule is COc1ccc([C@H](N)CC(F)(F)F)cn1.Cl. The molecule has 0 aromatic carbocycles. The van der Waals surface area contributed by atoms with E-state index in [1.165, 1.54) is 25.4 Å². The van der Waals surface area contributed by atoms with Gasteiger partial charge in [0.15, 0.2) is 0 Å². The summed E-state index contributed by atoms with van der Waals surface area (Å²) < 4.78 is 40.8. The smallest absolute Gasteiger partial charge is 0.390 e. The molecule has 0 saturated heterocycles. The molecular formula is C9H12ClF3N2O. The number of alkyl halides is 3. The van der Waals surface area contributed by atoms with Gasteiger partial charge in [0.25, 0.3) is 0 Å². The van der Waals surface area contributed by atoms with Gasteiger partial charge in [0.2, 0.25) is 5.88 Å². The first kappa shape index (κ1) is 15.0. The van der Waals surface area contributed by atoms with Crippen LogP contribution in [0, 0.1) is 0 Å². The van der Waals surface area contributed by atoms with Crippen molar-refractivity contribution in [2.24, 2.45) is 5.73 Å². The molecule has 0 spiro atoms. The Hall–Kier alpha value is -1.01. The van der Waals surface area contributed by atoms with Gasteiger partial charge in [-0.05, 0) is 5.56 Å². The van der Waals surface area contributed by atoms with Gasteiger partial charge in [-0.25, -0.2) is 4.98 Å². The first-order valence-electron chi connectivity index (χ1n) is 4.24. The van der Waals surface area contributed by atoms with E-state index < -0.39 is 18.6 Å². The van der Waals surface area contributed by atoms with E-state index in [0.29, 0.717) is 11.4 Å². The van der Waals surface area contributed by atoms with Crippen LogP contribution in [0.3, 0.4) is 0 Å². The zero-order chi connectivity index (χ0) is 11.5. The highest BCUT2D eigenvalue weighted by atomic mass is 35.5. The minimum atomic E-state index is -4.26. The Bertz CT molecular complexity index is 316. The molecule has 0 aliphatic rings. The fraction of sp³-hybridized carbons (Fsp3) is 0.444. The molecule has 0 fully saturated rings. The summed E-state index contributed by atoms with van der Waals surface area (Å²) in [4.78, 5) is 3.78. The van der Waals surface area contributed by atoms with Crippen molar-refractivity contribution < 1.29 is 17.9 Å². The zero-order valence-corrected chi connectivity index (χ0v) is 9.31. The summed E-state index contributed by atoms with van der Waals surface area (Å²) in [6.45, 7) is 0. The Morgan fingerprint density at radius 1 is 1.44 bits per heavy atom. The van der Waals surface area contributed by atoms with Crippen LogP contribution in [0.1, 0.15) is 18.0 Å². The maximum Gasteiger partial charge on any atom is 0.390 e. The van der Waals surface area contributed by atoms with Gasteiger partial charge in [0.1, 0.15) is 0 Å². The molecule has 16 heavy (non-hydrogen) atoms. The van der Waals surface area contributed by atoms with Crippen molar-refractivity contribution in [3.63, 3.8) is 0 Å². The van der Waals surface area contributed by atoms with E-state index in [4.69, 9.17) is 10.5 Å². The maximum atomic E-state index is 12.0. The molecule has 0 unspecified atom stereocenters. The second-order valence-corrected chi connectivity index (χ2v) is 3.06. The monoisotopic (exact) mass is 256 g/mol. The predicted octanol–water partition coefficient (Wildman–Crippen LogP) is 2.46.